The van der Waals surface area contributed by atoms with Gasteiger partial charge in [0.25, 0.3) is 0 Å². The number of nitrogens with one attached hydrogen (secondary N) is 1. The van der Waals surface area contributed by atoms with Crippen molar-refractivity contribution in [1.82, 2.24) is 15.1 Å². The molecule has 3 nitrogen and oxygen atoms in total. The summed E-state index contributed by atoms with van der Waals surface area (Å²) < 4.78 is 1.90. The van der Waals surface area contributed by atoms with E-state index in [0.29, 0.717) is 5.02 Å². The van der Waals surface area contributed by atoms with Crippen LogP contribution in [-0.2, 0) is 6.54 Å². The lowest BCUT2D eigenvalue weighted by Gasteiger charge is -2.30. The molecule has 0 saturated heterocycles. The molecule has 0 aliphatic heterocycles. The van der Waals surface area contributed by atoms with Gasteiger partial charge in [0.15, 0.2) is 0 Å². The fourth-order valence-corrected chi connectivity index (χ4v) is 1.58. The van der Waals surface area contributed by atoms with E-state index in [9.17, 15) is 0 Å². The third-order valence-electron chi connectivity index (χ3n) is 2.29. The summed E-state index contributed by atoms with van der Waals surface area (Å²) in [6.45, 7) is 12.8. The number of aromatic nitrogens is 2. The zero-order valence-corrected chi connectivity index (χ0v) is 11.6. The fourth-order valence-electron chi connectivity index (χ4n) is 1.42. The first-order valence-electron chi connectivity index (χ1n) is 5.61. The quantitative estimate of drug-likeness (QED) is 0.881. The van der Waals surface area contributed by atoms with Crippen molar-refractivity contribution < 1.29 is 0 Å². The molecule has 1 heterocycles. The van der Waals surface area contributed by atoms with Gasteiger partial charge in [0.2, 0.25) is 0 Å². The molecule has 0 aliphatic carbocycles. The summed E-state index contributed by atoms with van der Waals surface area (Å²) in [5.74, 6) is 0. The molecule has 0 fully saturated rings. The number of hydrogen-bond acceptors (Lipinski definition) is 2. The molecule has 92 valence electrons. The van der Waals surface area contributed by atoms with Gasteiger partial charge in [0.1, 0.15) is 0 Å². The molecule has 0 amide bonds. The molecule has 0 spiro atoms. The van der Waals surface area contributed by atoms with Crippen molar-refractivity contribution in [1.29, 1.82) is 0 Å². The van der Waals surface area contributed by atoms with Crippen LogP contribution in [0.3, 0.4) is 0 Å². The molecule has 0 aromatic carbocycles. The number of hydrogen-bond donors (Lipinski definition) is 1. The summed E-state index contributed by atoms with van der Waals surface area (Å²) in [5.41, 5.74) is 0.307. The van der Waals surface area contributed by atoms with Crippen molar-refractivity contribution in [3.63, 3.8) is 0 Å². The maximum Gasteiger partial charge on any atom is 0.0785 e. The average Bonchev–Trinajstić information content (AvgIpc) is 2.46. The van der Waals surface area contributed by atoms with Crippen molar-refractivity contribution in [3.8, 4) is 0 Å². The Bertz CT molecular complexity index is 336. The second kappa shape index (κ2) is 4.76. The van der Waals surface area contributed by atoms with E-state index >= 15 is 0 Å². The second-order valence-electron chi connectivity index (χ2n) is 6.12. The first-order valence-corrected chi connectivity index (χ1v) is 5.99. The van der Waals surface area contributed by atoms with Crippen LogP contribution >= 0.6 is 11.6 Å². The fraction of sp³-hybridized carbons (Fsp3) is 0.750. The van der Waals surface area contributed by atoms with Crippen molar-refractivity contribution in [2.24, 2.45) is 5.41 Å². The molecule has 0 saturated carbocycles. The molecule has 0 aliphatic rings. The minimum atomic E-state index is 0.152. The van der Waals surface area contributed by atoms with Gasteiger partial charge in [0, 0.05) is 24.8 Å². The van der Waals surface area contributed by atoms with Crippen LogP contribution in [0.1, 0.15) is 34.6 Å². The van der Waals surface area contributed by atoms with Crippen molar-refractivity contribution in [3.05, 3.63) is 17.4 Å². The lowest BCUT2D eigenvalue weighted by Crippen LogP contribution is -2.43. The summed E-state index contributed by atoms with van der Waals surface area (Å²) in [5, 5.41) is 8.41. The third-order valence-corrected chi connectivity index (χ3v) is 2.48. The van der Waals surface area contributed by atoms with Crippen LogP contribution in [0.4, 0.5) is 0 Å². The minimum absolute atomic E-state index is 0.152. The summed E-state index contributed by atoms with van der Waals surface area (Å²) in [7, 11) is 0. The van der Waals surface area contributed by atoms with Crippen molar-refractivity contribution in [2.45, 2.75) is 46.7 Å². The zero-order chi connectivity index (χ0) is 12.4. The van der Waals surface area contributed by atoms with Crippen LogP contribution in [-0.4, -0.2) is 21.9 Å². The molecule has 0 unspecified atom stereocenters. The first-order chi connectivity index (χ1) is 7.18. The highest BCUT2D eigenvalue weighted by molar-refractivity contribution is 6.30. The van der Waals surface area contributed by atoms with Gasteiger partial charge in [-0.15, -0.1) is 0 Å². The molecule has 1 aromatic rings. The lowest BCUT2D eigenvalue weighted by atomic mass is 9.92. The molecule has 1 N–H and O–H groups in total. The van der Waals surface area contributed by atoms with E-state index in [-0.39, 0.29) is 11.0 Å². The van der Waals surface area contributed by atoms with E-state index in [0.717, 1.165) is 13.1 Å². The topological polar surface area (TPSA) is 29.9 Å². The third kappa shape index (κ3) is 4.99. The Hall–Kier alpha value is -0.540. The van der Waals surface area contributed by atoms with Crippen LogP contribution in [0.2, 0.25) is 5.02 Å². The van der Waals surface area contributed by atoms with E-state index < -0.39 is 0 Å². The Morgan fingerprint density at radius 3 is 2.38 bits per heavy atom. The van der Waals surface area contributed by atoms with E-state index in [2.05, 4.69) is 45.0 Å². The molecule has 1 aromatic heterocycles. The first kappa shape index (κ1) is 13.5. The van der Waals surface area contributed by atoms with Gasteiger partial charge in [-0.3, -0.25) is 4.68 Å². The van der Waals surface area contributed by atoms with Gasteiger partial charge >= 0.3 is 0 Å². The van der Waals surface area contributed by atoms with Crippen LogP contribution in [0.25, 0.3) is 0 Å². The SMILES string of the molecule is CC(C)(CNC(C)(C)C)Cn1cc(Cl)cn1. The van der Waals surface area contributed by atoms with Crippen molar-refractivity contribution >= 4 is 11.6 Å². The highest BCUT2D eigenvalue weighted by Crippen LogP contribution is 2.19. The van der Waals surface area contributed by atoms with Crippen molar-refractivity contribution in [2.75, 3.05) is 6.54 Å². The summed E-state index contributed by atoms with van der Waals surface area (Å²) in [6, 6.07) is 0. The monoisotopic (exact) mass is 243 g/mol. The molecule has 0 atom stereocenters. The van der Waals surface area contributed by atoms with E-state index in [4.69, 9.17) is 11.6 Å². The number of rotatable bonds is 4. The van der Waals surface area contributed by atoms with Gasteiger partial charge in [0.05, 0.1) is 11.2 Å². The molecular weight excluding hydrogens is 222 g/mol. The standard InChI is InChI=1S/C12H22ClN3/c1-11(2,3)14-8-12(4,5)9-16-7-10(13)6-15-16/h6-7,14H,8-9H2,1-5H3. The van der Waals surface area contributed by atoms with E-state index in [1.54, 1.807) is 6.20 Å². The molecule has 1 rings (SSSR count). The summed E-state index contributed by atoms with van der Waals surface area (Å²) in [4.78, 5) is 0. The summed E-state index contributed by atoms with van der Waals surface area (Å²) in [6.07, 6.45) is 3.54. The molecule has 0 bridgehead atoms. The smallest absolute Gasteiger partial charge is 0.0785 e. The van der Waals surface area contributed by atoms with Gasteiger partial charge < -0.3 is 5.32 Å². The Balaban J connectivity index is 2.51. The van der Waals surface area contributed by atoms with Gasteiger partial charge in [-0.1, -0.05) is 25.4 Å². The average molecular weight is 244 g/mol. The highest BCUT2D eigenvalue weighted by atomic mass is 35.5. The number of nitrogens with zero attached hydrogens (tertiary/aromatic N) is 2. The van der Waals surface area contributed by atoms with Gasteiger partial charge in [-0.2, -0.15) is 5.10 Å². The van der Waals surface area contributed by atoms with Gasteiger partial charge in [-0.25, -0.2) is 0 Å². The van der Waals surface area contributed by atoms with Crippen LogP contribution in [0.15, 0.2) is 12.4 Å². The number of halogens is 1. The second-order valence-corrected chi connectivity index (χ2v) is 6.56. The van der Waals surface area contributed by atoms with Crippen LogP contribution in [0, 0.1) is 5.41 Å². The van der Waals surface area contributed by atoms with Crippen LogP contribution < -0.4 is 5.32 Å². The Labute approximate surface area is 103 Å². The minimum Gasteiger partial charge on any atom is -0.311 e. The Kier molecular flexibility index (Phi) is 4.02. The normalized spacial score (nSPS) is 13.1. The molecular formula is C12H22ClN3. The van der Waals surface area contributed by atoms with E-state index in [1.165, 1.54) is 0 Å². The molecule has 4 heteroatoms. The lowest BCUT2D eigenvalue weighted by molar-refractivity contribution is 0.246. The maximum atomic E-state index is 5.84. The van der Waals surface area contributed by atoms with Gasteiger partial charge in [-0.05, 0) is 26.2 Å². The summed E-state index contributed by atoms with van der Waals surface area (Å²) >= 11 is 5.84. The highest BCUT2D eigenvalue weighted by Gasteiger charge is 2.21. The predicted octanol–water partition coefficient (Wildman–Crippen LogP) is 2.95. The Morgan fingerprint density at radius 2 is 1.94 bits per heavy atom. The van der Waals surface area contributed by atoms with Crippen LogP contribution in [0.5, 0.6) is 0 Å². The maximum absolute atomic E-state index is 5.84. The molecule has 0 radical (unpaired) electrons. The molecule has 16 heavy (non-hydrogen) atoms. The predicted molar refractivity (Wildman–Crippen MR) is 68.8 cm³/mol. The Morgan fingerprint density at radius 1 is 1.31 bits per heavy atom. The van der Waals surface area contributed by atoms with E-state index in [1.807, 2.05) is 10.9 Å². The zero-order valence-electron chi connectivity index (χ0n) is 10.8. The largest absolute Gasteiger partial charge is 0.311 e.